The van der Waals surface area contributed by atoms with Gasteiger partial charge in [-0.05, 0) is 80.9 Å². The van der Waals surface area contributed by atoms with Crippen LogP contribution in [0.4, 0.5) is 0 Å². The molecule has 0 bridgehead atoms. The third kappa shape index (κ3) is 4.76. The van der Waals surface area contributed by atoms with Crippen molar-refractivity contribution in [1.29, 1.82) is 0 Å². The van der Waals surface area contributed by atoms with Crippen LogP contribution in [0.15, 0.2) is 200 Å². The van der Waals surface area contributed by atoms with Crippen LogP contribution in [0.25, 0.3) is 72.5 Å². The highest BCUT2D eigenvalue weighted by molar-refractivity contribution is 6.09. The van der Waals surface area contributed by atoms with E-state index in [0.717, 1.165) is 33.8 Å². The zero-order chi connectivity index (χ0) is 39.3. The summed E-state index contributed by atoms with van der Waals surface area (Å²) in [4.78, 5) is 10.7. The second-order valence-electron chi connectivity index (χ2n) is 16.5. The Morgan fingerprint density at radius 2 is 0.847 bits per heavy atom. The fourth-order valence-corrected chi connectivity index (χ4v) is 10.5. The summed E-state index contributed by atoms with van der Waals surface area (Å²) in [7, 11) is 0. The number of benzene rings is 8. The lowest BCUT2D eigenvalue weighted by atomic mass is 9.55. The third-order valence-corrected chi connectivity index (χ3v) is 13.1. The van der Waals surface area contributed by atoms with Crippen LogP contribution in [0.5, 0.6) is 0 Å². The number of aromatic nitrogens is 3. The van der Waals surface area contributed by atoms with Crippen molar-refractivity contribution in [1.82, 2.24) is 14.5 Å². The molecular weight excluding hydrogens is 715 g/mol. The maximum atomic E-state index is 5.38. The molecule has 8 aromatic carbocycles. The average molecular weight is 754 g/mol. The lowest BCUT2D eigenvalue weighted by Crippen LogP contribution is -2.40. The topological polar surface area (TPSA) is 30.7 Å². The Bertz CT molecular complexity index is 3200. The molecule has 59 heavy (non-hydrogen) atoms. The molecule has 2 aromatic heterocycles. The monoisotopic (exact) mass is 753 g/mol. The molecule has 2 aliphatic carbocycles. The smallest absolute Gasteiger partial charge is 0.160 e. The van der Waals surface area contributed by atoms with E-state index < -0.39 is 5.41 Å². The largest absolute Gasteiger partial charge is 0.309 e. The quantitative estimate of drug-likeness (QED) is 0.179. The van der Waals surface area contributed by atoms with Gasteiger partial charge in [-0.2, -0.15) is 0 Å². The van der Waals surface area contributed by atoms with Gasteiger partial charge in [0.1, 0.15) is 0 Å². The molecule has 10 aromatic rings. The molecule has 0 fully saturated rings. The van der Waals surface area contributed by atoms with E-state index in [0.29, 0.717) is 5.82 Å². The predicted octanol–water partition coefficient (Wildman–Crippen LogP) is 13.6. The van der Waals surface area contributed by atoms with Crippen molar-refractivity contribution < 1.29 is 0 Å². The first kappa shape index (κ1) is 33.7. The highest BCUT2D eigenvalue weighted by atomic mass is 15.0. The third-order valence-electron chi connectivity index (χ3n) is 13.1. The van der Waals surface area contributed by atoms with E-state index in [-0.39, 0.29) is 5.41 Å². The Morgan fingerprint density at radius 1 is 0.373 bits per heavy atom. The second kappa shape index (κ2) is 12.6. The molecule has 3 heteroatoms. The molecule has 2 aliphatic rings. The Balaban J connectivity index is 1.04. The van der Waals surface area contributed by atoms with Crippen LogP contribution in [0, 0.1) is 0 Å². The van der Waals surface area contributed by atoms with Gasteiger partial charge in [-0.1, -0.05) is 178 Å². The molecule has 3 nitrogen and oxygen atoms in total. The van der Waals surface area contributed by atoms with E-state index >= 15 is 0 Å². The van der Waals surface area contributed by atoms with Crippen LogP contribution in [-0.2, 0) is 10.8 Å². The van der Waals surface area contributed by atoms with Gasteiger partial charge in [0, 0.05) is 38.6 Å². The normalized spacial score (nSPS) is 14.2. The first-order chi connectivity index (χ1) is 29.0. The van der Waals surface area contributed by atoms with Gasteiger partial charge >= 0.3 is 0 Å². The van der Waals surface area contributed by atoms with Crippen molar-refractivity contribution >= 4 is 21.8 Å². The van der Waals surface area contributed by atoms with Crippen LogP contribution in [0.1, 0.15) is 47.2 Å². The molecule has 1 spiro atoms. The Labute approximate surface area is 344 Å². The molecule has 0 amide bonds. The van der Waals surface area contributed by atoms with Gasteiger partial charge in [0.05, 0.1) is 27.8 Å². The average Bonchev–Trinajstić information content (AvgIpc) is 3.79. The fourth-order valence-electron chi connectivity index (χ4n) is 10.5. The molecule has 0 atom stereocenters. The van der Waals surface area contributed by atoms with Crippen LogP contribution in [0.2, 0.25) is 0 Å². The van der Waals surface area contributed by atoms with E-state index in [1.54, 1.807) is 0 Å². The second-order valence-corrected chi connectivity index (χ2v) is 16.5. The summed E-state index contributed by atoms with van der Waals surface area (Å²) < 4.78 is 2.36. The van der Waals surface area contributed by atoms with E-state index in [1.807, 2.05) is 0 Å². The molecule has 2 heterocycles. The van der Waals surface area contributed by atoms with Gasteiger partial charge in [0.15, 0.2) is 5.82 Å². The van der Waals surface area contributed by atoms with E-state index in [2.05, 4.69) is 219 Å². The van der Waals surface area contributed by atoms with Crippen molar-refractivity contribution in [3.8, 4) is 50.7 Å². The van der Waals surface area contributed by atoms with Crippen molar-refractivity contribution in [3.63, 3.8) is 0 Å². The number of hydrogen-bond acceptors (Lipinski definition) is 2. The standard InChI is InChI=1S/C56H39N3/c1-55(2)46-24-12-13-25-47(46)56(44-22-10-6-18-40(44)41-19-7-11-23-45(41)56)48-33-30-38(34-49(48)55)54-57-50(36-16-4-3-5-17-36)35-51(58-54)37-28-31-39(32-29-37)59-52-26-14-8-20-42(52)43-21-9-15-27-53(43)59/h3-35H,1-2H3. The summed E-state index contributed by atoms with van der Waals surface area (Å²) in [6.07, 6.45) is 0. The maximum absolute atomic E-state index is 5.38. The van der Waals surface area contributed by atoms with Crippen LogP contribution in [-0.4, -0.2) is 14.5 Å². The number of nitrogens with zero attached hydrogens (tertiary/aromatic N) is 3. The Kier molecular flexibility index (Phi) is 7.19. The van der Waals surface area contributed by atoms with Crippen LogP contribution < -0.4 is 0 Å². The summed E-state index contributed by atoms with van der Waals surface area (Å²) in [6, 6.07) is 72.8. The molecule has 278 valence electrons. The van der Waals surface area contributed by atoms with Crippen molar-refractivity contribution in [2.45, 2.75) is 24.7 Å². The summed E-state index contributed by atoms with van der Waals surface area (Å²) in [5.74, 6) is 0.714. The Morgan fingerprint density at radius 3 is 1.47 bits per heavy atom. The molecule has 0 radical (unpaired) electrons. The van der Waals surface area contributed by atoms with Crippen molar-refractivity contribution in [3.05, 3.63) is 234 Å². The minimum absolute atomic E-state index is 0.276. The summed E-state index contributed by atoms with van der Waals surface area (Å²) in [6.45, 7) is 4.75. The van der Waals surface area contributed by atoms with E-state index in [4.69, 9.17) is 9.97 Å². The van der Waals surface area contributed by atoms with Gasteiger partial charge in [-0.25, -0.2) is 9.97 Å². The first-order valence-electron chi connectivity index (χ1n) is 20.5. The summed E-state index contributed by atoms with van der Waals surface area (Å²) in [5.41, 5.74) is 18.3. The van der Waals surface area contributed by atoms with Gasteiger partial charge in [-0.15, -0.1) is 0 Å². The molecule has 0 N–H and O–H groups in total. The van der Waals surface area contributed by atoms with Crippen molar-refractivity contribution in [2.75, 3.05) is 0 Å². The number of rotatable bonds is 4. The first-order valence-corrected chi connectivity index (χ1v) is 20.5. The van der Waals surface area contributed by atoms with E-state index in [9.17, 15) is 0 Å². The minimum atomic E-state index is -0.441. The lowest BCUT2D eigenvalue weighted by Gasteiger charge is -2.46. The van der Waals surface area contributed by atoms with E-state index in [1.165, 1.54) is 66.3 Å². The summed E-state index contributed by atoms with van der Waals surface area (Å²) >= 11 is 0. The molecule has 0 unspecified atom stereocenters. The van der Waals surface area contributed by atoms with Gasteiger partial charge in [0.25, 0.3) is 0 Å². The number of hydrogen-bond donors (Lipinski definition) is 0. The molecule has 12 rings (SSSR count). The minimum Gasteiger partial charge on any atom is -0.309 e. The van der Waals surface area contributed by atoms with Gasteiger partial charge in [-0.3, -0.25) is 0 Å². The highest BCUT2D eigenvalue weighted by Crippen LogP contribution is 2.62. The number of fused-ring (bicyclic) bond motifs is 12. The lowest BCUT2D eigenvalue weighted by molar-refractivity contribution is 0.563. The zero-order valence-electron chi connectivity index (χ0n) is 32.9. The van der Waals surface area contributed by atoms with Crippen LogP contribution in [0.3, 0.4) is 0 Å². The van der Waals surface area contributed by atoms with Gasteiger partial charge < -0.3 is 4.57 Å². The molecule has 0 saturated carbocycles. The Hall–Kier alpha value is -7.36. The van der Waals surface area contributed by atoms with Crippen LogP contribution >= 0.6 is 0 Å². The molecular formula is C56H39N3. The molecule has 0 saturated heterocycles. The highest BCUT2D eigenvalue weighted by Gasteiger charge is 2.53. The SMILES string of the molecule is CC1(C)c2ccccc2C2(c3ccccc3-c3ccccc32)c2ccc(-c3nc(-c4ccccc4)cc(-c4ccc(-n5c6ccccc6c6ccccc65)cc4)n3)cc21. The van der Waals surface area contributed by atoms with Gasteiger partial charge in [0.2, 0.25) is 0 Å². The predicted molar refractivity (Wildman–Crippen MR) is 242 cm³/mol. The summed E-state index contributed by atoms with van der Waals surface area (Å²) in [5, 5.41) is 2.51. The number of para-hydroxylation sites is 2. The molecule has 0 aliphatic heterocycles. The maximum Gasteiger partial charge on any atom is 0.160 e. The fraction of sp³-hybridized carbons (Fsp3) is 0.0714. The zero-order valence-corrected chi connectivity index (χ0v) is 32.9. The van der Waals surface area contributed by atoms with Crippen molar-refractivity contribution in [2.24, 2.45) is 0 Å².